The highest BCUT2D eigenvalue weighted by molar-refractivity contribution is 7.99. The lowest BCUT2D eigenvalue weighted by Crippen LogP contribution is -2.67. The van der Waals surface area contributed by atoms with Crippen LogP contribution in [-0.4, -0.2) is 47.6 Å². The van der Waals surface area contributed by atoms with Gasteiger partial charge < -0.3 is 5.32 Å². The number of rotatable bonds is 5. The van der Waals surface area contributed by atoms with E-state index in [9.17, 15) is 0 Å². The van der Waals surface area contributed by atoms with Crippen LogP contribution in [-0.2, 0) is 0 Å². The van der Waals surface area contributed by atoms with Gasteiger partial charge in [0, 0.05) is 37.0 Å². The molecule has 1 saturated carbocycles. The largest absolute Gasteiger partial charge is 0.310 e. The lowest BCUT2D eigenvalue weighted by Gasteiger charge is -2.51. The van der Waals surface area contributed by atoms with Crippen molar-refractivity contribution in [2.45, 2.75) is 59.0 Å². The molecule has 0 spiro atoms. The van der Waals surface area contributed by atoms with Crippen molar-refractivity contribution < 1.29 is 0 Å². The zero-order valence-corrected chi connectivity index (χ0v) is 14.3. The zero-order valence-electron chi connectivity index (χ0n) is 13.5. The number of piperazine rings is 1. The lowest BCUT2D eigenvalue weighted by molar-refractivity contribution is 0.0155. The maximum absolute atomic E-state index is 3.84. The van der Waals surface area contributed by atoms with Crippen molar-refractivity contribution in [3.8, 4) is 0 Å². The van der Waals surface area contributed by atoms with Crippen LogP contribution < -0.4 is 5.32 Å². The number of hydrogen-bond donors (Lipinski definition) is 1. The van der Waals surface area contributed by atoms with Crippen LogP contribution in [0.1, 0.15) is 47.5 Å². The average Bonchev–Trinajstić information content (AvgIpc) is 3.14. The first-order chi connectivity index (χ1) is 8.88. The second kappa shape index (κ2) is 5.95. The van der Waals surface area contributed by atoms with Gasteiger partial charge in [0.15, 0.2) is 0 Å². The number of hydrogen-bond acceptors (Lipinski definition) is 3. The van der Waals surface area contributed by atoms with Crippen LogP contribution in [0, 0.1) is 11.3 Å². The molecule has 0 aromatic rings. The summed E-state index contributed by atoms with van der Waals surface area (Å²) >= 11 is 2.08. The van der Waals surface area contributed by atoms with Gasteiger partial charge in [-0.05, 0) is 36.9 Å². The van der Waals surface area contributed by atoms with E-state index < -0.39 is 0 Å². The highest BCUT2D eigenvalue weighted by Crippen LogP contribution is 2.44. The molecule has 0 amide bonds. The van der Waals surface area contributed by atoms with Crippen molar-refractivity contribution >= 4 is 11.8 Å². The Morgan fingerprint density at radius 3 is 2.53 bits per heavy atom. The monoisotopic (exact) mass is 284 g/mol. The molecule has 2 nitrogen and oxygen atoms in total. The molecular formula is C16H32N2S. The highest BCUT2D eigenvalue weighted by atomic mass is 32.2. The topological polar surface area (TPSA) is 15.3 Å². The van der Waals surface area contributed by atoms with Crippen molar-refractivity contribution in [2.24, 2.45) is 11.3 Å². The Morgan fingerprint density at radius 2 is 2.00 bits per heavy atom. The van der Waals surface area contributed by atoms with Crippen LogP contribution in [0.4, 0.5) is 0 Å². The van der Waals surface area contributed by atoms with Crippen molar-refractivity contribution in [1.29, 1.82) is 0 Å². The molecule has 1 aliphatic carbocycles. The first-order valence-corrected chi connectivity index (χ1v) is 9.09. The molecule has 19 heavy (non-hydrogen) atoms. The molecule has 0 radical (unpaired) electrons. The van der Waals surface area contributed by atoms with Gasteiger partial charge in [-0.25, -0.2) is 0 Å². The van der Waals surface area contributed by atoms with E-state index in [1.54, 1.807) is 0 Å². The minimum absolute atomic E-state index is 0.362. The van der Waals surface area contributed by atoms with Crippen molar-refractivity contribution in [2.75, 3.05) is 31.1 Å². The summed E-state index contributed by atoms with van der Waals surface area (Å²) in [7, 11) is 0. The minimum Gasteiger partial charge on any atom is -0.310 e. The molecule has 1 aliphatic heterocycles. The average molecular weight is 285 g/mol. The molecule has 3 heteroatoms. The fourth-order valence-electron chi connectivity index (χ4n) is 3.29. The summed E-state index contributed by atoms with van der Waals surface area (Å²) in [6.07, 6.45) is 2.88. The molecule has 0 bridgehead atoms. The van der Waals surface area contributed by atoms with E-state index in [1.807, 2.05) is 0 Å². The van der Waals surface area contributed by atoms with Gasteiger partial charge in [0.2, 0.25) is 0 Å². The molecule has 1 N–H and O–H groups in total. The van der Waals surface area contributed by atoms with Crippen molar-refractivity contribution in [3.63, 3.8) is 0 Å². The third-order valence-electron chi connectivity index (χ3n) is 5.04. The van der Waals surface area contributed by atoms with Crippen LogP contribution in [0.3, 0.4) is 0 Å². The van der Waals surface area contributed by atoms with Gasteiger partial charge in [0.25, 0.3) is 0 Å². The van der Waals surface area contributed by atoms with Crippen LogP contribution >= 0.6 is 11.8 Å². The van der Waals surface area contributed by atoms with Gasteiger partial charge in [-0.1, -0.05) is 27.7 Å². The Kier molecular flexibility index (Phi) is 4.90. The maximum atomic E-state index is 3.84. The minimum atomic E-state index is 0.362. The van der Waals surface area contributed by atoms with Crippen LogP contribution in [0.15, 0.2) is 0 Å². The third-order valence-corrected chi connectivity index (χ3v) is 5.92. The highest BCUT2D eigenvalue weighted by Gasteiger charge is 2.49. The Morgan fingerprint density at radius 1 is 1.32 bits per heavy atom. The number of nitrogens with one attached hydrogen (secondary N) is 1. The summed E-state index contributed by atoms with van der Waals surface area (Å²) < 4.78 is 0. The van der Waals surface area contributed by atoms with E-state index in [4.69, 9.17) is 0 Å². The standard InChI is InChI=1S/C16H32N2S/c1-6-19-10-9-18-11-14(15(2,3)4)17-12-16(18,5)13-7-8-13/h13-14,17H,6-12H2,1-5H3. The smallest absolute Gasteiger partial charge is 0.0335 e. The Hall–Kier alpha value is 0.270. The van der Waals surface area contributed by atoms with E-state index in [-0.39, 0.29) is 0 Å². The Balaban J connectivity index is 2.01. The van der Waals surface area contributed by atoms with E-state index in [2.05, 4.69) is 56.6 Å². The predicted octanol–water partition coefficient (Wildman–Crippen LogP) is 3.23. The first-order valence-electron chi connectivity index (χ1n) is 7.94. The summed E-state index contributed by atoms with van der Waals surface area (Å²) in [4.78, 5) is 2.81. The molecule has 2 fully saturated rings. The van der Waals surface area contributed by atoms with Gasteiger partial charge >= 0.3 is 0 Å². The van der Waals surface area contributed by atoms with Crippen LogP contribution in [0.25, 0.3) is 0 Å². The van der Waals surface area contributed by atoms with Gasteiger partial charge in [0.05, 0.1) is 0 Å². The molecular weight excluding hydrogens is 252 g/mol. The van der Waals surface area contributed by atoms with Gasteiger partial charge in [-0.2, -0.15) is 11.8 Å². The summed E-state index contributed by atoms with van der Waals surface area (Å²) in [5.74, 6) is 3.47. The van der Waals surface area contributed by atoms with Crippen LogP contribution in [0.5, 0.6) is 0 Å². The molecule has 0 aromatic heterocycles. The van der Waals surface area contributed by atoms with E-state index in [0.717, 1.165) is 5.92 Å². The Bertz CT molecular complexity index is 296. The molecule has 2 unspecified atom stereocenters. The normalized spacial score (nSPS) is 33.6. The molecule has 0 aromatic carbocycles. The van der Waals surface area contributed by atoms with Gasteiger partial charge in [-0.3, -0.25) is 4.90 Å². The fraction of sp³-hybridized carbons (Fsp3) is 1.00. The molecule has 112 valence electrons. The summed E-state index contributed by atoms with van der Waals surface area (Å²) in [6.45, 7) is 15.5. The molecule has 2 rings (SSSR count). The molecule has 1 saturated heterocycles. The van der Waals surface area contributed by atoms with Crippen LogP contribution in [0.2, 0.25) is 0 Å². The SMILES string of the molecule is CCSCCN1CC(C(C)(C)C)NCC1(C)C1CC1. The first kappa shape index (κ1) is 15.7. The molecule has 2 atom stereocenters. The second-order valence-electron chi connectivity index (χ2n) is 7.57. The lowest BCUT2D eigenvalue weighted by atomic mass is 9.81. The quantitative estimate of drug-likeness (QED) is 0.780. The maximum Gasteiger partial charge on any atom is 0.0335 e. The third kappa shape index (κ3) is 3.68. The van der Waals surface area contributed by atoms with Crippen molar-refractivity contribution in [1.82, 2.24) is 10.2 Å². The summed E-state index contributed by atoms with van der Waals surface area (Å²) in [5, 5.41) is 3.84. The Labute approximate surface area is 124 Å². The summed E-state index contributed by atoms with van der Waals surface area (Å²) in [5.41, 5.74) is 0.775. The van der Waals surface area contributed by atoms with E-state index >= 15 is 0 Å². The van der Waals surface area contributed by atoms with E-state index in [1.165, 1.54) is 44.0 Å². The number of nitrogens with zero attached hydrogens (tertiary/aromatic N) is 1. The second-order valence-corrected chi connectivity index (χ2v) is 8.97. The molecule has 2 aliphatic rings. The predicted molar refractivity (Wildman–Crippen MR) is 86.9 cm³/mol. The number of thioether (sulfide) groups is 1. The van der Waals surface area contributed by atoms with Gasteiger partial charge in [0.1, 0.15) is 0 Å². The van der Waals surface area contributed by atoms with Gasteiger partial charge in [-0.15, -0.1) is 0 Å². The summed E-state index contributed by atoms with van der Waals surface area (Å²) in [6, 6.07) is 0.631. The molecule has 1 heterocycles. The zero-order chi connectivity index (χ0) is 14.1. The fourth-order valence-corrected chi connectivity index (χ4v) is 3.93. The van der Waals surface area contributed by atoms with Crippen molar-refractivity contribution in [3.05, 3.63) is 0 Å². The van der Waals surface area contributed by atoms with E-state index in [0.29, 0.717) is 17.0 Å².